The maximum Gasteiger partial charge on any atom is 0.348 e. The Labute approximate surface area is 356 Å². The molecule has 1 saturated heterocycles. The predicted molar refractivity (Wildman–Crippen MR) is 221 cm³/mol. The van der Waals surface area contributed by atoms with Gasteiger partial charge in [0, 0.05) is 24.7 Å². The molecule has 1 aliphatic rings. The number of ketones is 1. The number of hydrogen-bond acceptors (Lipinski definition) is 11. The number of Topliss-reactive ketones (excluding diaryl/α,β-unsaturated/α-hetero) is 1. The highest BCUT2D eigenvalue weighted by atomic mass is 79.9. The normalized spacial score (nSPS) is 12.6. The lowest BCUT2D eigenvalue weighted by Gasteiger charge is -2.19. The van der Waals surface area contributed by atoms with Crippen LogP contribution in [0.25, 0.3) is 11.3 Å². The summed E-state index contributed by atoms with van der Waals surface area (Å²) in [7, 11) is 0. The summed E-state index contributed by atoms with van der Waals surface area (Å²) in [4.78, 5) is 78.0. The van der Waals surface area contributed by atoms with Gasteiger partial charge in [-0.1, -0.05) is 0 Å². The molecular formula is C37H40Br3F3N8O7. The lowest BCUT2D eigenvalue weighted by molar-refractivity contribution is -0.145. The molecule has 0 atom stereocenters. The van der Waals surface area contributed by atoms with Crippen LogP contribution in [0.2, 0.25) is 0 Å². The molecule has 58 heavy (non-hydrogen) atoms. The van der Waals surface area contributed by atoms with Crippen LogP contribution in [-0.2, 0) is 32.5 Å². The number of fused-ring (bicyclic) bond motifs is 2. The number of nitrogens with zero attached hydrogens (tertiary/aromatic N) is 7. The third-order valence-corrected chi connectivity index (χ3v) is 10.0. The van der Waals surface area contributed by atoms with Gasteiger partial charge in [-0.15, -0.1) is 0 Å². The zero-order valence-electron chi connectivity index (χ0n) is 32.1. The summed E-state index contributed by atoms with van der Waals surface area (Å²) in [6.07, 6.45) is 4.52. The number of carbonyl (C=O) groups is 4. The maximum absolute atomic E-state index is 12.6. The number of aromatic nitrogens is 5. The first kappa shape index (κ1) is 49.1. The first-order valence-electron chi connectivity index (χ1n) is 16.9. The van der Waals surface area contributed by atoms with Crippen molar-refractivity contribution in [1.82, 2.24) is 31.6 Å². The van der Waals surface area contributed by atoms with Gasteiger partial charge in [-0.3, -0.25) is 32.8 Å². The fraction of sp³-hybridized carbons (Fsp3) is 0.324. The van der Waals surface area contributed by atoms with Crippen molar-refractivity contribution < 1.29 is 37.1 Å². The van der Waals surface area contributed by atoms with Gasteiger partial charge in [0.2, 0.25) is 0 Å². The minimum Gasteiger partial charge on any atom is -0.466 e. The number of halogens is 6. The van der Waals surface area contributed by atoms with E-state index in [9.17, 15) is 41.9 Å². The Kier molecular flexibility index (Phi) is 19.3. The van der Waals surface area contributed by atoms with Crippen molar-refractivity contribution in [2.75, 3.05) is 19.0 Å². The van der Waals surface area contributed by atoms with Crippen molar-refractivity contribution in [2.45, 2.75) is 66.9 Å². The molecule has 5 aromatic rings. The molecule has 312 valence electrons. The number of alkyl halides is 3. The number of hydrogen-bond donors (Lipinski definition) is 1. The van der Waals surface area contributed by atoms with Crippen LogP contribution >= 0.6 is 48.2 Å². The second-order valence-electron chi connectivity index (χ2n) is 12.5. The smallest absolute Gasteiger partial charge is 0.348 e. The van der Waals surface area contributed by atoms with E-state index in [4.69, 9.17) is 5.73 Å². The Balaban J connectivity index is 0.000000255. The molecule has 6 rings (SSSR count). The molecular weight excluding hydrogens is 965 g/mol. The third kappa shape index (κ3) is 13.8. The van der Waals surface area contributed by atoms with Crippen molar-refractivity contribution in [3.05, 3.63) is 114 Å². The first-order chi connectivity index (χ1) is 27.2. The van der Waals surface area contributed by atoms with Gasteiger partial charge in [-0.05, 0) is 111 Å². The van der Waals surface area contributed by atoms with E-state index in [-0.39, 0.29) is 39.5 Å². The minimum absolute atomic E-state index is 0.144. The maximum atomic E-state index is 12.6. The second-order valence-corrected chi connectivity index (χ2v) is 14.7. The molecule has 0 unspecified atom stereocenters. The summed E-state index contributed by atoms with van der Waals surface area (Å²) in [5, 5.41) is 0. The number of rotatable bonds is 6. The van der Waals surface area contributed by atoms with Gasteiger partial charge in [0.25, 0.3) is 17.0 Å². The van der Waals surface area contributed by atoms with Crippen LogP contribution in [0.3, 0.4) is 0 Å². The molecule has 0 aliphatic carbocycles. The molecule has 5 aromatic heterocycles. The molecule has 0 bridgehead atoms. The number of amides is 3. The van der Waals surface area contributed by atoms with E-state index in [1.807, 2.05) is 39.0 Å². The van der Waals surface area contributed by atoms with Crippen LogP contribution in [0, 0.1) is 20.8 Å². The van der Waals surface area contributed by atoms with Crippen molar-refractivity contribution in [1.29, 1.82) is 0 Å². The monoisotopic (exact) mass is 1000 g/mol. The van der Waals surface area contributed by atoms with E-state index >= 15 is 0 Å². The van der Waals surface area contributed by atoms with Crippen molar-refractivity contribution in [3.63, 3.8) is 0 Å². The Morgan fingerprint density at radius 1 is 0.845 bits per heavy atom. The molecule has 0 radical (unpaired) electrons. The summed E-state index contributed by atoms with van der Waals surface area (Å²) in [6.45, 7) is 8.37. The average molecular weight is 1010 g/mol. The van der Waals surface area contributed by atoms with Gasteiger partial charge in [0.1, 0.15) is 53.6 Å². The Hall–Kier alpha value is -5.02. The average Bonchev–Trinajstić information content (AvgIpc) is 3.30. The molecule has 21 heteroatoms. The van der Waals surface area contributed by atoms with E-state index in [2.05, 4.69) is 67.9 Å². The minimum atomic E-state index is -1.10. The zero-order valence-corrected chi connectivity index (χ0v) is 36.9. The van der Waals surface area contributed by atoms with Crippen molar-refractivity contribution in [2.24, 2.45) is 0 Å². The number of nitrogens with two attached hydrogens (primary N) is 1. The van der Waals surface area contributed by atoms with Crippen molar-refractivity contribution in [3.8, 4) is 0 Å². The summed E-state index contributed by atoms with van der Waals surface area (Å²) < 4.78 is 45.8. The van der Waals surface area contributed by atoms with E-state index in [0.717, 1.165) is 20.6 Å². The van der Waals surface area contributed by atoms with Crippen LogP contribution in [0.1, 0.15) is 55.3 Å². The highest BCUT2D eigenvalue weighted by Crippen LogP contribution is 2.32. The van der Waals surface area contributed by atoms with E-state index < -0.39 is 49.8 Å². The molecule has 0 aromatic carbocycles. The van der Waals surface area contributed by atoms with Crippen LogP contribution in [-0.4, -0.2) is 74.1 Å². The van der Waals surface area contributed by atoms with Gasteiger partial charge in [-0.25, -0.2) is 36.8 Å². The second kappa shape index (κ2) is 22.8. The van der Waals surface area contributed by atoms with Crippen LogP contribution in [0.5, 0.6) is 0 Å². The topological polar surface area (TPSA) is 192 Å². The van der Waals surface area contributed by atoms with E-state index in [0.29, 0.717) is 17.1 Å². The number of imide groups is 1. The fourth-order valence-corrected chi connectivity index (χ4v) is 5.88. The Bertz CT molecular complexity index is 2360. The number of ether oxygens (including phenoxy) is 1. The molecule has 1 aliphatic heterocycles. The summed E-state index contributed by atoms with van der Waals surface area (Å²) in [5.74, 6) is -1.09. The summed E-state index contributed by atoms with van der Waals surface area (Å²) >= 11 is 8.89. The number of aryl methyl sites for hydroxylation is 3. The van der Waals surface area contributed by atoms with Gasteiger partial charge in [-0.2, -0.15) is 3.93 Å². The number of carbonyl (C=O) groups excluding carboxylic acids is 4. The third-order valence-electron chi connectivity index (χ3n) is 7.40. The quantitative estimate of drug-likeness (QED) is 0.0814. The van der Waals surface area contributed by atoms with Gasteiger partial charge in [0.05, 0.1) is 50.3 Å². The van der Waals surface area contributed by atoms with Crippen LogP contribution in [0.15, 0.2) is 75.1 Å². The SMILES string of the molecule is CC1(C)C(=O)N(Br)C(=O)N1Br.CCOC(=O)CC(=O)CF.Cc1ccn2c(=O)c(Br)c(CF)nc2c1.Cc1ccn2c(=O)cc(CF)nc2c1.Cc1ccnc(N)c1. The Morgan fingerprint density at radius 3 is 1.84 bits per heavy atom. The molecule has 15 nitrogen and oxygen atoms in total. The number of nitrogen functional groups attached to an aromatic ring is 1. The number of pyridine rings is 3. The van der Waals surface area contributed by atoms with Gasteiger partial charge < -0.3 is 10.5 Å². The van der Waals surface area contributed by atoms with E-state index in [1.165, 1.54) is 18.8 Å². The summed E-state index contributed by atoms with van der Waals surface area (Å²) in [6, 6.07) is 11.7. The van der Waals surface area contributed by atoms with Gasteiger partial charge >= 0.3 is 12.0 Å². The van der Waals surface area contributed by atoms with Gasteiger partial charge in [0.15, 0.2) is 5.78 Å². The largest absolute Gasteiger partial charge is 0.466 e. The van der Waals surface area contributed by atoms with Crippen LogP contribution < -0.4 is 16.9 Å². The molecule has 1 fully saturated rings. The zero-order chi connectivity index (χ0) is 43.9. The molecule has 0 saturated carbocycles. The number of urea groups is 1. The Morgan fingerprint density at radius 2 is 1.41 bits per heavy atom. The number of anilines is 1. The molecule has 6 heterocycles. The highest BCUT2D eigenvalue weighted by Gasteiger charge is 2.50. The van der Waals surface area contributed by atoms with Crippen LogP contribution in [0.4, 0.5) is 23.8 Å². The fourth-order valence-electron chi connectivity index (χ4n) is 4.38. The highest BCUT2D eigenvalue weighted by molar-refractivity contribution is 9.10. The summed E-state index contributed by atoms with van der Waals surface area (Å²) in [5.41, 5.74) is 8.42. The van der Waals surface area contributed by atoms with Crippen molar-refractivity contribution >= 4 is 89.0 Å². The lowest BCUT2D eigenvalue weighted by atomic mass is 10.1. The predicted octanol–water partition coefficient (Wildman–Crippen LogP) is 6.81. The number of esters is 1. The molecule has 3 amide bonds. The standard InChI is InChI=1S/C10H8BrFN2O.C10H9FN2O.C6H9FO3.C6H8N2.C5H6Br2N2O2/c1-6-2-3-14-8(4-6)13-7(5-12)9(11)10(14)15;1-7-2-3-13-9(4-7)12-8(6-11)5-10(13)14;1-2-10-6(9)3-5(8)4-7;1-5-2-3-8-6(7)4-5;1-5(2)3(10)8(6)4(11)9(5)7/h2-4H,5H2,1H3;2-5H,6H2,1H3;2-4H2,1H3;2-4H,1H3,(H2,7,8);1-2H3. The lowest BCUT2D eigenvalue weighted by Crippen LogP contribution is -2.37. The first-order valence-corrected chi connectivity index (χ1v) is 19.1. The molecule has 0 spiro atoms. The van der Waals surface area contributed by atoms with E-state index in [1.54, 1.807) is 57.6 Å². The molecule has 2 N–H and O–H groups in total.